The summed E-state index contributed by atoms with van der Waals surface area (Å²) in [5, 5.41) is 3.65. The van der Waals surface area contributed by atoms with Crippen LogP contribution in [0.3, 0.4) is 0 Å². The first kappa shape index (κ1) is 20.0. The number of carbonyl (C=O) groups excluding carboxylic acids is 2. The van der Waals surface area contributed by atoms with Gasteiger partial charge in [0.15, 0.2) is 5.12 Å². The molecule has 3 nitrogen and oxygen atoms in total. The third-order valence-corrected chi connectivity index (χ3v) is 6.47. The van der Waals surface area contributed by atoms with Crippen molar-refractivity contribution in [1.29, 1.82) is 0 Å². The fourth-order valence-electron chi connectivity index (χ4n) is 3.45. The highest BCUT2D eigenvalue weighted by atomic mass is 35.5. The first-order valence-electron chi connectivity index (χ1n) is 9.32. The summed E-state index contributed by atoms with van der Waals surface area (Å²) in [7, 11) is 0. The highest BCUT2D eigenvalue weighted by Gasteiger charge is 2.34. The van der Waals surface area contributed by atoms with Gasteiger partial charge in [-0.3, -0.25) is 9.59 Å². The van der Waals surface area contributed by atoms with Crippen molar-refractivity contribution in [2.75, 3.05) is 5.32 Å². The molecule has 142 valence electrons. The van der Waals surface area contributed by atoms with Crippen LogP contribution in [0.1, 0.15) is 44.6 Å². The quantitative estimate of drug-likeness (QED) is 0.614. The van der Waals surface area contributed by atoms with Gasteiger partial charge in [0, 0.05) is 21.8 Å². The van der Waals surface area contributed by atoms with Crippen molar-refractivity contribution in [1.82, 2.24) is 0 Å². The molecule has 2 aromatic carbocycles. The number of thioether (sulfide) groups is 1. The molecule has 1 saturated carbocycles. The average Bonchev–Trinajstić information content (AvgIpc) is 2.66. The van der Waals surface area contributed by atoms with Crippen LogP contribution >= 0.6 is 23.4 Å². The molecule has 3 rings (SSSR count). The molecule has 1 aliphatic rings. The molecule has 0 bridgehead atoms. The predicted octanol–water partition coefficient (Wildman–Crippen LogP) is 6.11. The number of anilines is 1. The summed E-state index contributed by atoms with van der Waals surface area (Å²) in [6.07, 6.45) is 5.47. The molecule has 0 aromatic heterocycles. The number of amides is 1. The number of hydrogen-bond acceptors (Lipinski definition) is 3. The van der Waals surface area contributed by atoms with Crippen molar-refractivity contribution < 1.29 is 9.59 Å². The Morgan fingerprint density at radius 3 is 2.44 bits per heavy atom. The summed E-state index contributed by atoms with van der Waals surface area (Å²) in [4.78, 5) is 26.1. The van der Waals surface area contributed by atoms with Gasteiger partial charge < -0.3 is 5.32 Å². The van der Waals surface area contributed by atoms with E-state index >= 15 is 0 Å². The molecule has 0 atom stereocenters. The molecular formula is C22H24ClNO2S. The van der Waals surface area contributed by atoms with Crippen molar-refractivity contribution in [3.05, 3.63) is 59.1 Å². The van der Waals surface area contributed by atoms with Gasteiger partial charge in [-0.05, 0) is 48.4 Å². The van der Waals surface area contributed by atoms with Gasteiger partial charge in [-0.15, -0.1) is 0 Å². The zero-order valence-electron chi connectivity index (χ0n) is 15.5. The minimum atomic E-state index is -0.322. The number of carbonyl (C=O) groups is 2. The van der Waals surface area contributed by atoms with Crippen LogP contribution in [0.25, 0.3) is 0 Å². The Labute approximate surface area is 169 Å². The van der Waals surface area contributed by atoms with Gasteiger partial charge in [-0.2, -0.15) is 0 Å². The molecule has 2 aromatic rings. The summed E-state index contributed by atoms with van der Waals surface area (Å²) in [5.74, 6) is 0.0498. The second kappa shape index (κ2) is 8.94. The smallest absolute Gasteiger partial charge is 0.230 e. The second-order valence-corrected chi connectivity index (χ2v) is 8.82. The Bertz CT molecular complexity index is 831. The molecule has 0 unspecified atom stereocenters. The standard InChI is InChI=1S/C22H24ClNO2S/c1-22(13-7-2-8-14-22)21(26)24-18-11-5-6-12-19(18)27-20(25)15-16-9-3-4-10-17(16)23/h3-6,9-12H,2,7-8,13-15H2,1H3,(H,24,26). The van der Waals surface area contributed by atoms with E-state index < -0.39 is 0 Å². The summed E-state index contributed by atoms with van der Waals surface area (Å²) in [5.41, 5.74) is 1.19. The van der Waals surface area contributed by atoms with E-state index in [9.17, 15) is 9.59 Å². The normalized spacial score (nSPS) is 15.9. The van der Waals surface area contributed by atoms with Gasteiger partial charge in [0.2, 0.25) is 5.91 Å². The Morgan fingerprint density at radius 2 is 1.70 bits per heavy atom. The maximum absolute atomic E-state index is 12.8. The molecule has 0 heterocycles. The third-order valence-electron chi connectivity index (χ3n) is 5.16. The molecule has 1 N–H and O–H groups in total. The molecule has 27 heavy (non-hydrogen) atoms. The Balaban J connectivity index is 1.69. The van der Waals surface area contributed by atoms with Gasteiger partial charge in [-0.25, -0.2) is 0 Å². The van der Waals surface area contributed by atoms with Crippen LogP contribution in [0.15, 0.2) is 53.4 Å². The van der Waals surface area contributed by atoms with Gasteiger partial charge >= 0.3 is 0 Å². The van der Waals surface area contributed by atoms with Gasteiger partial charge in [0.05, 0.1) is 5.69 Å². The van der Waals surface area contributed by atoms with E-state index in [-0.39, 0.29) is 22.9 Å². The van der Waals surface area contributed by atoms with Gasteiger partial charge in [0.25, 0.3) is 0 Å². The molecule has 0 spiro atoms. The Kier molecular flexibility index (Phi) is 6.61. The van der Waals surface area contributed by atoms with E-state index in [1.807, 2.05) is 49.4 Å². The van der Waals surface area contributed by atoms with Crippen molar-refractivity contribution >= 4 is 40.1 Å². The summed E-state index contributed by atoms with van der Waals surface area (Å²) in [6, 6.07) is 14.8. The second-order valence-electron chi connectivity index (χ2n) is 7.31. The molecule has 0 aliphatic heterocycles. The minimum Gasteiger partial charge on any atom is -0.325 e. The molecule has 0 radical (unpaired) electrons. The topological polar surface area (TPSA) is 46.2 Å². The van der Waals surface area contributed by atoms with E-state index in [0.717, 1.165) is 47.9 Å². The molecule has 5 heteroatoms. The lowest BCUT2D eigenvalue weighted by Crippen LogP contribution is -2.35. The Hall–Kier alpha value is -1.78. The molecule has 1 fully saturated rings. The lowest BCUT2D eigenvalue weighted by molar-refractivity contribution is -0.126. The van der Waals surface area contributed by atoms with Crippen LogP contribution in [0, 0.1) is 5.41 Å². The number of benzene rings is 2. The van der Waals surface area contributed by atoms with Crippen LogP contribution in [0.2, 0.25) is 5.02 Å². The number of halogens is 1. The van der Waals surface area contributed by atoms with E-state index in [4.69, 9.17) is 11.6 Å². The van der Waals surface area contributed by atoms with Crippen LogP contribution in [0.4, 0.5) is 5.69 Å². The predicted molar refractivity (Wildman–Crippen MR) is 112 cm³/mol. The highest BCUT2D eigenvalue weighted by molar-refractivity contribution is 8.13. The van der Waals surface area contributed by atoms with Gasteiger partial charge in [-0.1, -0.05) is 68.1 Å². The first-order valence-corrected chi connectivity index (χ1v) is 10.5. The van der Waals surface area contributed by atoms with E-state index in [1.54, 1.807) is 6.07 Å². The molecule has 1 aliphatic carbocycles. The van der Waals surface area contributed by atoms with Gasteiger partial charge in [0.1, 0.15) is 0 Å². The fourth-order valence-corrected chi connectivity index (χ4v) is 4.50. The Morgan fingerprint density at radius 1 is 1.04 bits per heavy atom. The maximum atomic E-state index is 12.8. The lowest BCUT2D eigenvalue weighted by atomic mass is 9.75. The maximum Gasteiger partial charge on any atom is 0.230 e. The van der Waals surface area contributed by atoms with E-state index in [1.165, 1.54) is 6.42 Å². The van der Waals surface area contributed by atoms with Crippen molar-refractivity contribution in [3.8, 4) is 0 Å². The zero-order chi connectivity index (χ0) is 19.3. The minimum absolute atomic E-state index is 0.00585. The zero-order valence-corrected chi connectivity index (χ0v) is 17.0. The fraction of sp³-hybridized carbons (Fsp3) is 0.364. The van der Waals surface area contributed by atoms with Crippen LogP contribution < -0.4 is 5.32 Å². The molecule has 0 saturated heterocycles. The van der Waals surface area contributed by atoms with Crippen LogP contribution in [-0.4, -0.2) is 11.0 Å². The van der Waals surface area contributed by atoms with Crippen LogP contribution in [-0.2, 0) is 16.0 Å². The molecular weight excluding hydrogens is 378 g/mol. The number of nitrogens with one attached hydrogen (secondary N) is 1. The first-order chi connectivity index (χ1) is 13.0. The summed E-state index contributed by atoms with van der Waals surface area (Å²) >= 11 is 7.30. The molecule has 1 amide bonds. The highest BCUT2D eigenvalue weighted by Crippen LogP contribution is 2.38. The van der Waals surface area contributed by atoms with Crippen molar-refractivity contribution in [2.45, 2.75) is 50.3 Å². The largest absolute Gasteiger partial charge is 0.325 e. The van der Waals surface area contributed by atoms with E-state index in [2.05, 4.69) is 5.32 Å². The van der Waals surface area contributed by atoms with Crippen molar-refractivity contribution in [3.63, 3.8) is 0 Å². The third kappa shape index (κ3) is 5.14. The summed E-state index contributed by atoms with van der Waals surface area (Å²) < 4.78 is 0. The number of rotatable bonds is 5. The summed E-state index contributed by atoms with van der Waals surface area (Å²) in [6.45, 7) is 2.04. The number of para-hydroxylation sites is 1. The van der Waals surface area contributed by atoms with Crippen molar-refractivity contribution in [2.24, 2.45) is 5.41 Å². The SMILES string of the molecule is CC1(C(=O)Nc2ccccc2SC(=O)Cc2ccccc2Cl)CCCCC1. The lowest BCUT2D eigenvalue weighted by Gasteiger charge is -2.32. The number of hydrogen-bond donors (Lipinski definition) is 1. The monoisotopic (exact) mass is 401 g/mol. The van der Waals surface area contributed by atoms with Crippen LogP contribution in [0.5, 0.6) is 0 Å². The van der Waals surface area contributed by atoms with E-state index in [0.29, 0.717) is 10.7 Å². The average molecular weight is 402 g/mol.